The number of methoxy groups -OCH3 is 1. The number of rotatable bonds is 3. The molecule has 1 unspecified atom stereocenters. The molecule has 0 aliphatic carbocycles. The number of H-pyrrole nitrogens is 1. The lowest BCUT2D eigenvalue weighted by molar-refractivity contribution is 0.155. The molecule has 4 nitrogen and oxygen atoms in total. The highest BCUT2D eigenvalue weighted by atomic mass is 16.5. The molecule has 0 saturated heterocycles. The van der Waals surface area contributed by atoms with E-state index >= 15 is 0 Å². The minimum atomic E-state index is -0.0242. The lowest BCUT2D eigenvalue weighted by atomic mass is 9.88. The quantitative estimate of drug-likeness (QED) is 0.750. The van der Waals surface area contributed by atoms with Crippen LogP contribution in [-0.4, -0.2) is 30.2 Å². The van der Waals surface area contributed by atoms with Gasteiger partial charge in [0, 0.05) is 32.4 Å². The summed E-state index contributed by atoms with van der Waals surface area (Å²) in [5, 5.41) is 3.51. The third kappa shape index (κ3) is 1.55. The molecule has 0 saturated carbocycles. The van der Waals surface area contributed by atoms with Crippen molar-refractivity contribution in [3.05, 3.63) is 17.7 Å². The van der Waals surface area contributed by atoms with Crippen LogP contribution in [-0.2, 0) is 16.7 Å². The molecule has 4 heteroatoms. The molecule has 0 aromatic carbocycles. The predicted molar refractivity (Wildman–Crippen MR) is 54.1 cm³/mol. The first kappa shape index (κ1) is 9.68. The summed E-state index contributed by atoms with van der Waals surface area (Å²) < 4.78 is 5.12. The van der Waals surface area contributed by atoms with Crippen LogP contribution in [0.5, 0.6) is 0 Å². The van der Waals surface area contributed by atoms with Crippen molar-refractivity contribution in [2.45, 2.75) is 25.3 Å². The van der Waals surface area contributed by atoms with Crippen LogP contribution in [0.25, 0.3) is 0 Å². The molecule has 1 aliphatic rings. The largest absolute Gasteiger partial charge is 0.385 e. The lowest BCUT2D eigenvalue weighted by Crippen LogP contribution is -2.45. The van der Waals surface area contributed by atoms with Gasteiger partial charge in [0.05, 0.1) is 17.6 Å². The van der Waals surface area contributed by atoms with Gasteiger partial charge in [0.25, 0.3) is 0 Å². The number of fused-ring (bicyclic) bond motifs is 1. The SMILES string of the molecule is COCCC1(C)NCCc2[nH]cnc21. The van der Waals surface area contributed by atoms with E-state index in [0.717, 1.165) is 31.7 Å². The summed E-state index contributed by atoms with van der Waals surface area (Å²) in [6.07, 6.45) is 3.78. The maximum absolute atomic E-state index is 5.12. The molecule has 0 fully saturated rings. The Balaban J connectivity index is 2.21. The third-order valence-corrected chi connectivity index (χ3v) is 2.94. The number of hydrogen-bond donors (Lipinski definition) is 2. The molecule has 1 aromatic rings. The number of nitrogens with zero attached hydrogens (tertiary/aromatic N) is 1. The van der Waals surface area contributed by atoms with Crippen LogP contribution in [0.3, 0.4) is 0 Å². The topological polar surface area (TPSA) is 49.9 Å². The van der Waals surface area contributed by atoms with Gasteiger partial charge in [0.15, 0.2) is 0 Å². The van der Waals surface area contributed by atoms with Crippen LogP contribution in [0.1, 0.15) is 24.7 Å². The van der Waals surface area contributed by atoms with Gasteiger partial charge in [-0.25, -0.2) is 4.98 Å². The van der Waals surface area contributed by atoms with Gasteiger partial charge in [-0.05, 0) is 13.3 Å². The summed E-state index contributed by atoms with van der Waals surface area (Å²) in [4.78, 5) is 7.59. The van der Waals surface area contributed by atoms with Crippen LogP contribution < -0.4 is 5.32 Å². The molecule has 1 aliphatic heterocycles. The summed E-state index contributed by atoms with van der Waals surface area (Å²) >= 11 is 0. The van der Waals surface area contributed by atoms with Gasteiger partial charge in [0.2, 0.25) is 0 Å². The average molecular weight is 195 g/mol. The molecule has 2 heterocycles. The number of aromatic amines is 1. The summed E-state index contributed by atoms with van der Waals surface area (Å²) in [7, 11) is 1.73. The molecule has 78 valence electrons. The molecule has 0 radical (unpaired) electrons. The fraction of sp³-hybridized carbons (Fsp3) is 0.700. The van der Waals surface area contributed by atoms with Crippen molar-refractivity contribution in [2.24, 2.45) is 0 Å². The first-order chi connectivity index (χ1) is 6.76. The smallest absolute Gasteiger partial charge is 0.0926 e. The molecule has 14 heavy (non-hydrogen) atoms. The van der Waals surface area contributed by atoms with E-state index < -0.39 is 0 Å². The Morgan fingerprint density at radius 1 is 1.64 bits per heavy atom. The second-order valence-electron chi connectivity index (χ2n) is 3.98. The highest BCUT2D eigenvalue weighted by molar-refractivity contribution is 5.24. The van der Waals surface area contributed by atoms with E-state index in [2.05, 4.69) is 22.2 Å². The van der Waals surface area contributed by atoms with Crippen LogP contribution in [0.2, 0.25) is 0 Å². The first-order valence-corrected chi connectivity index (χ1v) is 5.03. The van der Waals surface area contributed by atoms with E-state index in [-0.39, 0.29) is 5.54 Å². The minimum Gasteiger partial charge on any atom is -0.385 e. The van der Waals surface area contributed by atoms with E-state index in [0.29, 0.717) is 0 Å². The van der Waals surface area contributed by atoms with Crippen molar-refractivity contribution < 1.29 is 4.74 Å². The molecule has 2 rings (SSSR count). The monoisotopic (exact) mass is 195 g/mol. The summed E-state index contributed by atoms with van der Waals surface area (Å²) in [5.74, 6) is 0. The Bertz CT molecular complexity index is 310. The van der Waals surface area contributed by atoms with Gasteiger partial charge < -0.3 is 15.0 Å². The minimum absolute atomic E-state index is 0.0242. The predicted octanol–water partition coefficient (Wildman–Crippen LogP) is 0.807. The van der Waals surface area contributed by atoms with E-state index in [1.807, 2.05) is 0 Å². The number of aromatic nitrogens is 2. The Kier molecular flexibility index (Phi) is 2.56. The number of ether oxygens (including phenoxy) is 1. The number of hydrogen-bond acceptors (Lipinski definition) is 3. The molecule has 0 amide bonds. The van der Waals surface area contributed by atoms with Crippen molar-refractivity contribution >= 4 is 0 Å². The standard InChI is InChI=1S/C10H17N3O/c1-10(4-6-14-2)9-8(3-5-13-10)11-7-12-9/h7,13H,3-6H2,1-2H3,(H,11,12). The van der Waals surface area contributed by atoms with Gasteiger partial charge in [-0.3, -0.25) is 0 Å². The molecular weight excluding hydrogens is 178 g/mol. The number of nitrogens with one attached hydrogen (secondary N) is 2. The molecule has 1 aromatic heterocycles. The summed E-state index contributed by atoms with van der Waals surface area (Å²) in [6, 6.07) is 0. The normalized spacial score (nSPS) is 26.1. The van der Waals surface area contributed by atoms with E-state index in [9.17, 15) is 0 Å². The van der Waals surface area contributed by atoms with Gasteiger partial charge >= 0.3 is 0 Å². The second kappa shape index (κ2) is 3.71. The molecule has 0 bridgehead atoms. The maximum atomic E-state index is 5.12. The fourth-order valence-electron chi connectivity index (χ4n) is 2.05. The number of imidazole rings is 1. The zero-order chi connectivity index (χ0) is 10.0. The van der Waals surface area contributed by atoms with Crippen molar-refractivity contribution in [2.75, 3.05) is 20.3 Å². The Hall–Kier alpha value is -0.870. The van der Waals surface area contributed by atoms with Crippen LogP contribution in [0.4, 0.5) is 0 Å². The summed E-state index contributed by atoms with van der Waals surface area (Å²) in [5.41, 5.74) is 2.40. The van der Waals surface area contributed by atoms with Gasteiger partial charge in [-0.1, -0.05) is 0 Å². The van der Waals surface area contributed by atoms with E-state index in [1.165, 1.54) is 5.69 Å². The summed E-state index contributed by atoms with van der Waals surface area (Å²) in [6.45, 7) is 3.95. The van der Waals surface area contributed by atoms with Crippen molar-refractivity contribution in [1.82, 2.24) is 15.3 Å². The van der Waals surface area contributed by atoms with E-state index in [4.69, 9.17) is 4.74 Å². The zero-order valence-corrected chi connectivity index (χ0v) is 8.76. The Morgan fingerprint density at radius 2 is 2.50 bits per heavy atom. The van der Waals surface area contributed by atoms with Crippen LogP contribution >= 0.6 is 0 Å². The van der Waals surface area contributed by atoms with Gasteiger partial charge in [-0.15, -0.1) is 0 Å². The second-order valence-corrected chi connectivity index (χ2v) is 3.98. The van der Waals surface area contributed by atoms with Gasteiger partial charge in [-0.2, -0.15) is 0 Å². The highest BCUT2D eigenvalue weighted by Crippen LogP contribution is 2.28. The van der Waals surface area contributed by atoms with Gasteiger partial charge in [0.1, 0.15) is 0 Å². The van der Waals surface area contributed by atoms with Crippen molar-refractivity contribution in [3.63, 3.8) is 0 Å². The third-order valence-electron chi connectivity index (χ3n) is 2.94. The average Bonchev–Trinajstić information content (AvgIpc) is 2.65. The zero-order valence-electron chi connectivity index (χ0n) is 8.76. The highest BCUT2D eigenvalue weighted by Gasteiger charge is 2.33. The van der Waals surface area contributed by atoms with Crippen molar-refractivity contribution in [3.8, 4) is 0 Å². The Labute approximate surface area is 84.1 Å². The van der Waals surface area contributed by atoms with Crippen LogP contribution in [0.15, 0.2) is 6.33 Å². The van der Waals surface area contributed by atoms with Crippen molar-refractivity contribution in [1.29, 1.82) is 0 Å². The van der Waals surface area contributed by atoms with E-state index in [1.54, 1.807) is 13.4 Å². The molecule has 1 atom stereocenters. The first-order valence-electron chi connectivity index (χ1n) is 5.03. The molecular formula is C10H17N3O. The Morgan fingerprint density at radius 3 is 3.29 bits per heavy atom. The van der Waals surface area contributed by atoms with Crippen LogP contribution in [0, 0.1) is 0 Å². The maximum Gasteiger partial charge on any atom is 0.0926 e. The molecule has 2 N–H and O–H groups in total. The lowest BCUT2D eigenvalue weighted by Gasteiger charge is -2.33. The fourth-order valence-corrected chi connectivity index (χ4v) is 2.05. The molecule has 0 spiro atoms.